The van der Waals surface area contributed by atoms with Crippen LogP contribution < -0.4 is 29.4 Å². The highest BCUT2D eigenvalue weighted by Gasteiger charge is 2.29. The molecule has 0 aliphatic rings. The van der Waals surface area contributed by atoms with Gasteiger partial charge >= 0.3 is 5.97 Å². The van der Waals surface area contributed by atoms with Crippen molar-refractivity contribution in [2.75, 3.05) is 34.9 Å². The van der Waals surface area contributed by atoms with Crippen LogP contribution in [0.3, 0.4) is 0 Å². The van der Waals surface area contributed by atoms with E-state index < -0.39 is 40.9 Å². The predicted molar refractivity (Wildman–Crippen MR) is 173 cm³/mol. The molecule has 3 aromatic carbocycles. The number of nitrogens with zero attached hydrogens (tertiary/aromatic N) is 2. The van der Waals surface area contributed by atoms with E-state index in [1.165, 1.54) is 73.7 Å². The summed E-state index contributed by atoms with van der Waals surface area (Å²) >= 11 is 0. The Morgan fingerprint density at radius 3 is 2.14 bits per heavy atom. The number of aromatic hydroxyl groups is 1. The fourth-order valence-corrected chi connectivity index (χ4v) is 4.19. The zero-order valence-electron chi connectivity index (χ0n) is 27.0. The molecule has 0 spiro atoms. The van der Waals surface area contributed by atoms with Crippen molar-refractivity contribution in [3.05, 3.63) is 89.0 Å². The van der Waals surface area contributed by atoms with Gasteiger partial charge in [-0.2, -0.15) is 13.8 Å². The van der Waals surface area contributed by atoms with Crippen molar-refractivity contribution in [3.63, 3.8) is 0 Å². The Hall–Kier alpha value is -6.38. The number of halogens is 2. The normalized spacial score (nSPS) is 10.8. The number of methoxy groups -OCH3 is 2. The van der Waals surface area contributed by atoms with Gasteiger partial charge in [0, 0.05) is 31.3 Å². The maximum absolute atomic E-state index is 16.2. The molecule has 0 bridgehead atoms. The standard InChI is InChI=1S/C34H32F2N4O9/c1-6-46-26(42)13-10-18-14-24(44-4)29(25(15-18)45-5)49-30-27(35)32(47-21-9-7-8-20(16-21)34(43)40(2)3)39-33(28(30)36)48-23-17-19(31(37)38)11-12-22(23)41/h7-17,41H,6H2,1-5H3,(H3,37,38)/b13-10+. The Morgan fingerprint density at radius 1 is 0.898 bits per heavy atom. The van der Waals surface area contributed by atoms with Gasteiger partial charge in [0.05, 0.1) is 20.8 Å². The highest BCUT2D eigenvalue weighted by Crippen LogP contribution is 2.46. The van der Waals surface area contributed by atoms with Gasteiger partial charge in [-0.05, 0) is 67.1 Å². The number of amidine groups is 1. The van der Waals surface area contributed by atoms with Crippen LogP contribution in [0, 0.1) is 17.0 Å². The van der Waals surface area contributed by atoms with Gasteiger partial charge in [0.15, 0.2) is 23.0 Å². The van der Waals surface area contributed by atoms with Gasteiger partial charge in [-0.25, -0.2) is 4.79 Å². The molecular weight excluding hydrogens is 646 g/mol. The number of pyridine rings is 1. The van der Waals surface area contributed by atoms with E-state index in [4.69, 9.17) is 39.6 Å². The number of hydrogen-bond acceptors (Lipinski definition) is 11. The number of nitrogen functional groups attached to an aromatic ring is 1. The van der Waals surface area contributed by atoms with Crippen LogP contribution in [0.5, 0.6) is 52.0 Å². The van der Waals surface area contributed by atoms with Crippen molar-refractivity contribution in [3.8, 4) is 52.0 Å². The average molecular weight is 679 g/mol. The first-order valence-electron chi connectivity index (χ1n) is 14.4. The quantitative estimate of drug-likeness (QED) is 0.0652. The van der Waals surface area contributed by atoms with E-state index in [1.54, 1.807) is 21.0 Å². The van der Waals surface area contributed by atoms with E-state index in [-0.39, 0.29) is 58.2 Å². The Bertz CT molecular complexity index is 1910. The third-order valence-electron chi connectivity index (χ3n) is 6.54. The molecule has 0 aliphatic carbocycles. The molecule has 0 radical (unpaired) electrons. The molecule has 13 nitrogen and oxygen atoms in total. The van der Waals surface area contributed by atoms with Crippen LogP contribution >= 0.6 is 0 Å². The van der Waals surface area contributed by atoms with E-state index in [0.717, 1.165) is 12.1 Å². The highest BCUT2D eigenvalue weighted by molar-refractivity contribution is 5.95. The summed E-state index contributed by atoms with van der Waals surface area (Å²) in [5.41, 5.74) is 6.27. The molecule has 0 saturated heterocycles. The SMILES string of the molecule is CCOC(=O)/C=C/c1cc(OC)c(Oc2c(F)c(Oc3cccc(C(=O)N(C)C)c3)nc(Oc3cc(C(=N)N)ccc3O)c2F)c(OC)c1. The van der Waals surface area contributed by atoms with Crippen LogP contribution in [0.2, 0.25) is 0 Å². The van der Waals surface area contributed by atoms with Gasteiger partial charge in [0.2, 0.25) is 23.1 Å². The van der Waals surface area contributed by atoms with Gasteiger partial charge in [-0.15, -0.1) is 0 Å². The van der Waals surface area contributed by atoms with Crippen molar-refractivity contribution >= 4 is 23.8 Å². The maximum atomic E-state index is 16.2. The minimum Gasteiger partial charge on any atom is -0.504 e. The molecule has 4 N–H and O–H groups in total. The molecule has 1 amide bonds. The van der Waals surface area contributed by atoms with Crippen molar-refractivity contribution in [1.29, 1.82) is 5.41 Å². The molecule has 1 aromatic heterocycles. The minimum absolute atomic E-state index is 0.0445. The summed E-state index contributed by atoms with van der Waals surface area (Å²) in [6.07, 6.45) is 2.58. The first-order valence-corrected chi connectivity index (χ1v) is 14.4. The van der Waals surface area contributed by atoms with Gasteiger partial charge < -0.3 is 44.2 Å². The fourth-order valence-electron chi connectivity index (χ4n) is 4.19. The summed E-state index contributed by atoms with van der Waals surface area (Å²) in [4.78, 5) is 29.5. The number of hydrogen-bond donors (Lipinski definition) is 3. The number of phenolic OH excluding ortho intramolecular Hbond substituents is 1. The Kier molecular flexibility index (Phi) is 11.2. The number of nitrogens with one attached hydrogen (secondary N) is 1. The zero-order chi connectivity index (χ0) is 35.8. The summed E-state index contributed by atoms with van der Waals surface area (Å²) in [7, 11) is 5.64. The largest absolute Gasteiger partial charge is 0.504 e. The second-order valence-electron chi connectivity index (χ2n) is 10.1. The lowest BCUT2D eigenvalue weighted by Gasteiger charge is -2.18. The van der Waals surface area contributed by atoms with E-state index in [0.29, 0.717) is 5.56 Å². The number of carbonyl (C=O) groups excluding carboxylic acids is 2. The van der Waals surface area contributed by atoms with E-state index in [9.17, 15) is 14.7 Å². The van der Waals surface area contributed by atoms with E-state index in [1.807, 2.05) is 0 Å². The third kappa shape index (κ3) is 8.32. The number of benzene rings is 3. The summed E-state index contributed by atoms with van der Waals surface area (Å²) in [6, 6.07) is 12.2. The van der Waals surface area contributed by atoms with Crippen LogP contribution in [0.15, 0.2) is 60.7 Å². The van der Waals surface area contributed by atoms with Crippen LogP contribution in [-0.2, 0) is 9.53 Å². The number of aromatic nitrogens is 1. The smallest absolute Gasteiger partial charge is 0.330 e. The fraction of sp³-hybridized carbons (Fsp3) is 0.176. The number of phenols is 1. The topological polar surface area (TPSA) is 176 Å². The number of nitrogens with two attached hydrogens (primary N) is 1. The zero-order valence-corrected chi connectivity index (χ0v) is 27.0. The lowest BCUT2D eigenvalue weighted by molar-refractivity contribution is -0.137. The van der Waals surface area contributed by atoms with Gasteiger partial charge in [-0.1, -0.05) is 6.07 Å². The van der Waals surface area contributed by atoms with Gasteiger partial charge in [-0.3, -0.25) is 10.2 Å². The van der Waals surface area contributed by atoms with Crippen LogP contribution in [0.4, 0.5) is 8.78 Å². The molecule has 0 fully saturated rings. The first-order chi connectivity index (χ1) is 23.4. The van der Waals surface area contributed by atoms with Crippen molar-refractivity contribution in [1.82, 2.24) is 9.88 Å². The van der Waals surface area contributed by atoms with Crippen LogP contribution in [0.25, 0.3) is 6.08 Å². The number of esters is 1. The highest BCUT2D eigenvalue weighted by atomic mass is 19.1. The summed E-state index contributed by atoms with van der Waals surface area (Å²) < 4.78 is 65.0. The molecule has 49 heavy (non-hydrogen) atoms. The second kappa shape index (κ2) is 15.5. The van der Waals surface area contributed by atoms with Gasteiger partial charge in [0.1, 0.15) is 11.6 Å². The summed E-state index contributed by atoms with van der Waals surface area (Å²) in [6.45, 7) is 1.83. The van der Waals surface area contributed by atoms with Crippen LogP contribution in [-0.4, -0.2) is 67.6 Å². The molecule has 1 heterocycles. The molecule has 4 aromatic rings. The lowest BCUT2D eigenvalue weighted by Crippen LogP contribution is -2.21. The average Bonchev–Trinajstić information content (AvgIpc) is 3.08. The monoisotopic (exact) mass is 678 g/mol. The van der Waals surface area contributed by atoms with E-state index in [2.05, 4.69) is 4.98 Å². The summed E-state index contributed by atoms with van der Waals surface area (Å²) in [5.74, 6) is -8.34. The van der Waals surface area contributed by atoms with Crippen molar-refractivity contribution < 1.29 is 51.9 Å². The minimum atomic E-state index is -1.47. The maximum Gasteiger partial charge on any atom is 0.330 e. The Balaban J connectivity index is 1.86. The van der Waals surface area contributed by atoms with E-state index >= 15 is 8.78 Å². The molecule has 256 valence electrons. The number of amides is 1. The summed E-state index contributed by atoms with van der Waals surface area (Å²) in [5, 5.41) is 18.1. The Morgan fingerprint density at radius 2 is 1.55 bits per heavy atom. The Labute approximate surface area is 279 Å². The molecule has 0 saturated carbocycles. The molecule has 0 aliphatic heterocycles. The molecule has 0 unspecified atom stereocenters. The second-order valence-corrected chi connectivity index (χ2v) is 10.1. The lowest BCUT2D eigenvalue weighted by atomic mass is 10.1. The number of carbonyl (C=O) groups is 2. The first kappa shape index (κ1) is 35.5. The van der Waals surface area contributed by atoms with Crippen molar-refractivity contribution in [2.24, 2.45) is 5.73 Å². The number of rotatable bonds is 13. The molecular formula is C34H32F2N4O9. The molecule has 0 atom stereocenters. The van der Waals surface area contributed by atoms with Crippen molar-refractivity contribution in [2.45, 2.75) is 6.92 Å². The van der Waals surface area contributed by atoms with Crippen LogP contribution in [0.1, 0.15) is 28.4 Å². The molecule has 15 heteroatoms. The predicted octanol–water partition coefficient (Wildman–Crippen LogP) is 6.02. The number of ether oxygens (including phenoxy) is 6. The molecule has 4 rings (SSSR count). The van der Waals surface area contributed by atoms with Gasteiger partial charge in [0.25, 0.3) is 17.7 Å². The third-order valence-corrected chi connectivity index (χ3v) is 6.54.